The summed E-state index contributed by atoms with van der Waals surface area (Å²) in [4.78, 5) is 4.58. The molecule has 0 bridgehead atoms. The first-order chi connectivity index (χ1) is 7.78. The van der Waals surface area contributed by atoms with Crippen molar-refractivity contribution in [2.75, 3.05) is 0 Å². The molecule has 0 N–H and O–H groups in total. The van der Waals surface area contributed by atoms with Crippen LogP contribution in [0.15, 0.2) is 9.72 Å². The van der Waals surface area contributed by atoms with Crippen molar-refractivity contribution < 1.29 is 0 Å². The van der Waals surface area contributed by atoms with Crippen LogP contribution in [0.2, 0.25) is 0 Å². The van der Waals surface area contributed by atoms with Gasteiger partial charge in [-0.3, -0.25) is 0 Å². The molecule has 0 aliphatic carbocycles. The van der Waals surface area contributed by atoms with E-state index < -0.39 is 0 Å². The number of hydrogen-bond acceptors (Lipinski definition) is 6. The second-order valence-electron chi connectivity index (χ2n) is 3.36. The van der Waals surface area contributed by atoms with Crippen molar-refractivity contribution in [3.8, 4) is 0 Å². The van der Waals surface area contributed by atoms with Gasteiger partial charge in [0.05, 0.1) is 10.7 Å². The standard InChI is InChI=1S/C10H13N3S3/c1-3-4-9-11-8(5-14-9)6-15-10-13-12-7(2)16-10/h5H,3-4,6H2,1-2H3. The lowest BCUT2D eigenvalue weighted by molar-refractivity contribution is 0.902. The van der Waals surface area contributed by atoms with Crippen LogP contribution in [0.1, 0.15) is 29.1 Å². The van der Waals surface area contributed by atoms with Crippen LogP contribution in [0.3, 0.4) is 0 Å². The molecule has 0 aliphatic rings. The Balaban J connectivity index is 1.89. The fourth-order valence-electron chi connectivity index (χ4n) is 1.22. The number of thiazole rings is 1. The highest BCUT2D eigenvalue weighted by Crippen LogP contribution is 2.26. The van der Waals surface area contributed by atoms with Gasteiger partial charge < -0.3 is 0 Å². The predicted octanol–water partition coefficient (Wildman–Crippen LogP) is 3.55. The first-order valence-electron chi connectivity index (χ1n) is 5.14. The monoisotopic (exact) mass is 271 g/mol. The first-order valence-corrected chi connectivity index (χ1v) is 7.82. The van der Waals surface area contributed by atoms with Crippen molar-refractivity contribution in [3.63, 3.8) is 0 Å². The number of hydrogen-bond donors (Lipinski definition) is 0. The molecule has 0 spiro atoms. The van der Waals surface area contributed by atoms with Crippen LogP contribution in [-0.4, -0.2) is 15.2 Å². The molecule has 2 rings (SSSR count). The van der Waals surface area contributed by atoms with Crippen LogP contribution in [-0.2, 0) is 12.2 Å². The average Bonchev–Trinajstić information content (AvgIpc) is 2.85. The number of rotatable bonds is 5. The topological polar surface area (TPSA) is 38.7 Å². The Morgan fingerprint density at radius 3 is 2.94 bits per heavy atom. The largest absolute Gasteiger partial charge is 0.245 e. The number of nitrogens with zero attached hydrogens (tertiary/aromatic N) is 3. The van der Waals surface area contributed by atoms with Crippen molar-refractivity contribution in [3.05, 3.63) is 21.1 Å². The summed E-state index contributed by atoms with van der Waals surface area (Å²) in [5.41, 5.74) is 1.16. The first kappa shape index (κ1) is 12.0. The highest BCUT2D eigenvalue weighted by Gasteiger charge is 2.05. The third-order valence-electron chi connectivity index (χ3n) is 1.91. The maximum atomic E-state index is 4.58. The molecule has 2 aromatic heterocycles. The van der Waals surface area contributed by atoms with Crippen LogP contribution in [0.5, 0.6) is 0 Å². The molecule has 0 fully saturated rings. The Morgan fingerprint density at radius 2 is 2.25 bits per heavy atom. The zero-order valence-corrected chi connectivity index (χ0v) is 11.7. The Bertz CT molecular complexity index is 450. The lowest BCUT2D eigenvalue weighted by Gasteiger charge is -1.92. The molecule has 16 heavy (non-hydrogen) atoms. The summed E-state index contributed by atoms with van der Waals surface area (Å²) in [6.45, 7) is 4.16. The van der Waals surface area contributed by atoms with Gasteiger partial charge in [0.15, 0.2) is 4.34 Å². The van der Waals surface area contributed by atoms with Gasteiger partial charge in [-0.2, -0.15) is 0 Å². The smallest absolute Gasteiger partial charge is 0.174 e. The van der Waals surface area contributed by atoms with Crippen molar-refractivity contribution in [1.82, 2.24) is 15.2 Å². The number of aryl methyl sites for hydroxylation is 2. The quantitative estimate of drug-likeness (QED) is 0.780. The second kappa shape index (κ2) is 5.75. The van der Waals surface area contributed by atoms with Crippen molar-refractivity contribution in [1.29, 1.82) is 0 Å². The predicted molar refractivity (Wildman–Crippen MR) is 70.3 cm³/mol. The zero-order chi connectivity index (χ0) is 11.4. The molecular weight excluding hydrogens is 258 g/mol. The average molecular weight is 271 g/mol. The molecule has 0 unspecified atom stereocenters. The molecule has 0 radical (unpaired) electrons. The third kappa shape index (κ3) is 3.26. The Kier molecular flexibility index (Phi) is 4.31. The van der Waals surface area contributed by atoms with Crippen molar-refractivity contribution >= 4 is 34.4 Å². The molecule has 0 aromatic carbocycles. The normalized spacial score (nSPS) is 10.9. The fraction of sp³-hybridized carbons (Fsp3) is 0.500. The van der Waals surface area contributed by atoms with E-state index in [1.54, 1.807) is 34.4 Å². The van der Waals surface area contributed by atoms with Gasteiger partial charge in [-0.25, -0.2) is 4.98 Å². The van der Waals surface area contributed by atoms with Crippen molar-refractivity contribution in [2.45, 2.75) is 36.8 Å². The lowest BCUT2D eigenvalue weighted by Crippen LogP contribution is -1.84. The van der Waals surface area contributed by atoms with Crippen LogP contribution >= 0.6 is 34.4 Å². The maximum absolute atomic E-state index is 4.58. The van der Waals surface area contributed by atoms with E-state index in [0.29, 0.717) is 0 Å². The van der Waals surface area contributed by atoms with Gasteiger partial charge in [-0.1, -0.05) is 30.0 Å². The fourth-order valence-corrected chi connectivity index (χ4v) is 3.93. The van der Waals surface area contributed by atoms with Crippen molar-refractivity contribution in [2.24, 2.45) is 0 Å². The minimum Gasteiger partial charge on any atom is -0.245 e. The van der Waals surface area contributed by atoms with E-state index in [4.69, 9.17) is 0 Å². The molecule has 0 amide bonds. The van der Waals surface area contributed by atoms with Crippen LogP contribution in [0.25, 0.3) is 0 Å². The van der Waals surface area contributed by atoms with E-state index in [1.807, 2.05) is 6.92 Å². The summed E-state index contributed by atoms with van der Waals surface area (Å²) in [7, 11) is 0. The third-order valence-corrected chi connectivity index (χ3v) is 4.88. The van der Waals surface area contributed by atoms with Crippen LogP contribution < -0.4 is 0 Å². The molecule has 6 heteroatoms. The Labute approximate surface area is 107 Å². The Morgan fingerprint density at radius 1 is 1.38 bits per heavy atom. The summed E-state index contributed by atoms with van der Waals surface area (Å²) in [6.07, 6.45) is 2.25. The van der Waals surface area contributed by atoms with Gasteiger partial charge in [0.1, 0.15) is 5.01 Å². The highest BCUT2D eigenvalue weighted by molar-refractivity contribution is 8.00. The van der Waals surface area contributed by atoms with Gasteiger partial charge in [0.2, 0.25) is 0 Å². The van der Waals surface area contributed by atoms with Gasteiger partial charge in [-0.15, -0.1) is 21.5 Å². The zero-order valence-electron chi connectivity index (χ0n) is 9.27. The molecule has 0 saturated heterocycles. The summed E-state index contributed by atoms with van der Waals surface area (Å²) >= 11 is 5.11. The van der Waals surface area contributed by atoms with Crippen LogP contribution in [0, 0.1) is 6.92 Å². The van der Waals surface area contributed by atoms with Gasteiger partial charge >= 0.3 is 0 Å². The lowest BCUT2D eigenvalue weighted by atomic mass is 10.3. The van der Waals surface area contributed by atoms with E-state index in [0.717, 1.165) is 33.6 Å². The molecule has 0 aliphatic heterocycles. The van der Waals surface area contributed by atoms with Gasteiger partial charge in [-0.05, 0) is 19.8 Å². The molecule has 2 heterocycles. The van der Waals surface area contributed by atoms with E-state index in [-0.39, 0.29) is 0 Å². The molecule has 0 atom stereocenters. The summed E-state index contributed by atoms with van der Waals surface area (Å²) < 4.78 is 1.03. The van der Waals surface area contributed by atoms with E-state index in [2.05, 4.69) is 27.5 Å². The number of aromatic nitrogens is 3. The molecule has 0 saturated carbocycles. The molecular formula is C10H13N3S3. The highest BCUT2D eigenvalue weighted by atomic mass is 32.2. The Hall–Kier alpha value is -0.460. The summed E-state index contributed by atoms with van der Waals surface area (Å²) in [6, 6.07) is 0. The van der Waals surface area contributed by atoms with E-state index in [9.17, 15) is 0 Å². The second-order valence-corrected chi connectivity index (χ2v) is 6.71. The van der Waals surface area contributed by atoms with Gasteiger partial charge in [0, 0.05) is 11.1 Å². The summed E-state index contributed by atoms with van der Waals surface area (Å²) in [5.74, 6) is 0.898. The van der Waals surface area contributed by atoms with E-state index in [1.165, 1.54) is 5.01 Å². The maximum Gasteiger partial charge on any atom is 0.174 e. The molecule has 3 nitrogen and oxygen atoms in total. The van der Waals surface area contributed by atoms with Gasteiger partial charge in [0.25, 0.3) is 0 Å². The SMILES string of the molecule is CCCc1nc(CSc2nnc(C)s2)cs1. The minimum atomic E-state index is 0.898. The summed E-state index contributed by atoms with van der Waals surface area (Å²) in [5, 5.41) is 12.5. The van der Waals surface area contributed by atoms with E-state index >= 15 is 0 Å². The molecule has 86 valence electrons. The van der Waals surface area contributed by atoms with Crippen LogP contribution in [0.4, 0.5) is 0 Å². The number of thioether (sulfide) groups is 1. The molecule has 2 aromatic rings. The minimum absolute atomic E-state index is 0.898.